The minimum absolute atomic E-state index is 0. The zero-order valence-electron chi connectivity index (χ0n) is 15.4. The van der Waals surface area contributed by atoms with Crippen LogP contribution < -0.4 is 34.7 Å². The van der Waals surface area contributed by atoms with Gasteiger partial charge in [-0.15, -0.1) is 0 Å². The van der Waals surface area contributed by atoms with Crippen LogP contribution in [0.5, 0.6) is 0 Å². The predicted octanol–water partition coefficient (Wildman–Crippen LogP) is -3.19. The third kappa shape index (κ3) is 16.6. The molecule has 0 unspecified atom stereocenters. The first-order valence-corrected chi connectivity index (χ1v) is 10.5. The summed E-state index contributed by atoms with van der Waals surface area (Å²) in [6.45, 7) is 2.75. The van der Waals surface area contributed by atoms with E-state index in [9.17, 15) is 13.5 Å². The maximum atomic E-state index is 11.6. The summed E-state index contributed by atoms with van der Waals surface area (Å²) < 4.78 is 50.1. The molecule has 0 saturated carbocycles. The van der Waals surface area contributed by atoms with Gasteiger partial charge in [0.05, 0.1) is 65.2 Å². The zero-order chi connectivity index (χ0) is 19.1. The van der Waals surface area contributed by atoms with E-state index in [0.717, 1.165) is 0 Å². The molecule has 0 aliphatic carbocycles. The summed E-state index contributed by atoms with van der Waals surface area (Å²) in [5.41, 5.74) is 0.599. The van der Waals surface area contributed by atoms with Crippen molar-refractivity contribution in [1.82, 2.24) is 0 Å². The fourth-order valence-electron chi connectivity index (χ4n) is 1.62. The Morgan fingerprint density at radius 2 is 1.52 bits per heavy atom. The number of aliphatic imine (C=N–C) groups is 1. The molecule has 27 heavy (non-hydrogen) atoms. The van der Waals surface area contributed by atoms with Crippen molar-refractivity contribution in [2.75, 3.05) is 65.2 Å². The van der Waals surface area contributed by atoms with Crippen LogP contribution in [0, 0.1) is 0 Å². The molecular weight excluding hydrogens is 409 g/mol. The van der Waals surface area contributed by atoms with Gasteiger partial charge in [-0.05, 0) is 28.3 Å². The van der Waals surface area contributed by atoms with Crippen molar-refractivity contribution in [3.8, 4) is 0 Å². The smallest absolute Gasteiger partial charge is 0.858 e. The number of hydrogen-bond donors (Lipinski definition) is 1. The second-order valence-electron chi connectivity index (χ2n) is 4.93. The average molecular weight is 433 g/mol. The summed E-state index contributed by atoms with van der Waals surface area (Å²) in [4.78, 5) is 3.89. The molecule has 12 heteroatoms. The van der Waals surface area contributed by atoms with Crippen LogP contribution in [0.2, 0.25) is 0 Å². The summed E-state index contributed by atoms with van der Waals surface area (Å²) in [5.74, 6) is -0.656. The molecule has 150 valence electrons. The molecule has 0 bridgehead atoms. The van der Waals surface area contributed by atoms with Crippen LogP contribution in [0.4, 0.5) is 0 Å². The Kier molecular flexibility index (Phi) is 16.8. The topological polar surface area (TPSA) is 127 Å². The van der Waals surface area contributed by atoms with Crippen LogP contribution in [-0.2, 0) is 29.1 Å². The number of nitrogens with zero attached hydrogens (tertiary/aromatic N) is 1. The average Bonchev–Trinajstić information content (AvgIpc) is 3.12. The standard InChI is InChI=1S/C15H25NO8S2.Na/c17-15(14-1-11-25-13-14)16-2-3-21-4-5-22-6-7-23-8-9-24-10-12-26(18,19)20;/h1,11,13H,2-10,12H2,(H,16,17)(H,18,19,20);/q;+1/p-1. The molecule has 0 aromatic carbocycles. The van der Waals surface area contributed by atoms with Crippen molar-refractivity contribution in [2.24, 2.45) is 4.99 Å². The van der Waals surface area contributed by atoms with Crippen LogP contribution in [0.25, 0.3) is 0 Å². The Hall–Kier alpha value is -0.0800. The van der Waals surface area contributed by atoms with Gasteiger partial charge in [-0.2, -0.15) is 19.8 Å². The van der Waals surface area contributed by atoms with E-state index in [-0.39, 0.29) is 48.7 Å². The molecule has 0 aliphatic rings. The van der Waals surface area contributed by atoms with Crippen molar-refractivity contribution in [3.05, 3.63) is 22.4 Å². The van der Waals surface area contributed by atoms with Crippen molar-refractivity contribution >= 4 is 27.4 Å². The van der Waals surface area contributed by atoms with Gasteiger partial charge >= 0.3 is 29.6 Å². The molecule has 1 aromatic heterocycles. The molecule has 0 radical (unpaired) electrons. The second kappa shape index (κ2) is 16.8. The van der Waals surface area contributed by atoms with Crippen molar-refractivity contribution < 1.29 is 66.6 Å². The summed E-state index contributed by atoms with van der Waals surface area (Å²) in [5, 5.41) is 15.2. The van der Waals surface area contributed by atoms with Crippen LogP contribution >= 0.6 is 11.3 Å². The second-order valence-corrected chi connectivity index (χ2v) is 7.29. The van der Waals surface area contributed by atoms with Gasteiger partial charge in [0.2, 0.25) is 0 Å². The molecule has 1 rings (SSSR count). The number of ether oxygens (including phenoxy) is 4. The van der Waals surface area contributed by atoms with Crippen molar-refractivity contribution in [3.63, 3.8) is 0 Å². The molecule has 0 fully saturated rings. The zero-order valence-corrected chi connectivity index (χ0v) is 19.0. The third-order valence-corrected chi connectivity index (χ3v) is 4.23. The molecule has 1 aromatic rings. The molecule has 9 nitrogen and oxygen atoms in total. The van der Waals surface area contributed by atoms with Crippen LogP contribution in [-0.4, -0.2) is 84.0 Å². The minimum Gasteiger partial charge on any atom is -0.858 e. The van der Waals surface area contributed by atoms with Gasteiger partial charge in [0.1, 0.15) is 0 Å². The fourth-order valence-corrected chi connectivity index (χ4v) is 2.57. The van der Waals surface area contributed by atoms with E-state index in [1.165, 1.54) is 11.3 Å². The summed E-state index contributed by atoms with van der Waals surface area (Å²) in [6.07, 6.45) is 0. The Bertz CT molecular complexity index is 595. The number of hydrogen-bond acceptors (Lipinski definition) is 9. The molecule has 0 spiro atoms. The fraction of sp³-hybridized carbons (Fsp3) is 0.667. The Balaban J connectivity index is 0.00000676. The van der Waals surface area contributed by atoms with Gasteiger partial charge in [0.25, 0.3) is 10.1 Å². The summed E-state index contributed by atoms with van der Waals surface area (Å²) in [6, 6.07) is 1.74. The molecule has 0 amide bonds. The molecule has 1 N–H and O–H groups in total. The monoisotopic (exact) mass is 433 g/mol. The van der Waals surface area contributed by atoms with Gasteiger partial charge < -0.3 is 24.1 Å². The number of thiophene rings is 1. The Morgan fingerprint density at radius 1 is 1.00 bits per heavy atom. The first-order valence-electron chi connectivity index (χ1n) is 7.99. The molecule has 0 atom stereocenters. The quantitative estimate of drug-likeness (QED) is 0.0950. The molecular formula is C15H24NNaO8S2. The minimum atomic E-state index is -3.97. The molecule has 0 saturated heterocycles. The van der Waals surface area contributed by atoms with Crippen molar-refractivity contribution in [1.29, 1.82) is 0 Å². The normalized spacial score (nSPS) is 12.1. The van der Waals surface area contributed by atoms with Gasteiger partial charge in [0.15, 0.2) is 0 Å². The maximum absolute atomic E-state index is 11.6. The van der Waals surface area contributed by atoms with E-state index in [1.54, 1.807) is 11.4 Å². The van der Waals surface area contributed by atoms with Gasteiger partial charge in [-0.25, -0.2) is 0 Å². The SMILES string of the molecule is O=S(=O)(O)CCOCCOCCOCCOCCN=C([O-])c1ccsc1.[Na+]. The van der Waals surface area contributed by atoms with Crippen LogP contribution in [0.1, 0.15) is 5.56 Å². The van der Waals surface area contributed by atoms with Gasteiger partial charge in [-0.1, -0.05) is 0 Å². The third-order valence-electron chi connectivity index (χ3n) is 2.86. The Labute approximate surface area is 185 Å². The van der Waals surface area contributed by atoms with Crippen LogP contribution in [0.15, 0.2) is 21.8 Å². The van der Waals surface area contributed by atoms with Crippen LogP contribution in [0.3, 0.4) is 0 Å². The van der Waals surface area contributed by atoms with Crippen molar-refractivity contribution in [2.45, 2.75) is 0 Å². The Morgan fingerprint density at radius 3 is 2.00 bits per heavy atom. The van der Waals surface area contributed by atoms with E-state index in [0.29, 0.717) is 51.7 Å². The summed E-state index contributed by atoms with van der Waals surface area (Å²) in [7, 11) is -3.97. The summed E-state index contributed by atoms with van der Waals surface area (Å²) >= 11 is 1.45. The molecule has 0 aliphatic heterocycles. The first kappa shape index (κ1) is 26.9. The van der Waals surface area contributed by atoms with E-state index >= 15 is 0 Å². The predicted molar refractivity (Wildman–Crippen MR) is 95.4 cm³/mol. The molecule has 1 heterocycles. The first-order chi connectivity index (χ1) is 12.5. The largest absolute Gasteiger partial charge is 1.00 e. The van der Waals surface area contributed by atoms with E-state index in [2.05, 4.69) is 4.99 Å². The van der Waals surface area contributed by atoms with E-state index < -0.39 is 15.9 Å². The van der Waals surface area contributed by atoms with Gasteiger partial charge in [0, 0.05) is 0 Å². The number of rotatable bonds is 16. The van der Waals surface area contributed by atoms with E-state index in [4.69, 9.17) is 23.5 Å². The van der Waals surface area contributed by atoms with Gasteiger partial charge in [-0.3, -0.25) is 9.55 Å². The van der Waals surface area contributed by atoms with E-state index in [1.807, 2.05) is 5.38 Å². The maximum Gasteiger partial charge on any atom is 1.00 e.